The normalized spacial score (nSPS) is 11.1. The average molecular weight is 294 g/mol. The summed E-state index contributed by atoms with van der Waals surface area (Å²) >= 11 is 0. The Labute approximate surface area is 122 Å². The zero-order valence-electron chi connectivity index (χ0n) is 11.7. The summed E-state index contributed by atoms with van der Waals surface area (Å²) in [6, 6.07) is 5.71. The van der Waals surface area contributed by atoms with Gasteiger partial charge in [-0.3, -0.25) is 9.59 Å². The van der Waals surface area contributed by atoms with Gasteiger partial charge in [-0.15, -0.1) is 0 Å². The molecule has 1 aromatic carbocycles. The SMILES string of the molecule is CCCCC(Cc1cccc(C(=O)O)c1)(C(=O)O)C(=O)O. The van der Waals surface area contributed by atoms with Gasteiger partial charge in [0.05, 0.1) is 5.56 Å². The molecular weight excluding hydrogens is 276 g/mol. The summed E-state index contributed by atoms with van der Waals surface area (Å²) in [5, 5.41) is 27.7. The molecule has 0 heterocycles. The summed E-state index contributed by atoms with van der Waals surface area (Å²) in [5.74, 6) is -3.94. The molecule has 0 atom stereocenters. The van der Waals surface area contributed by atoms with Crippen molar-refractivity contribution in [3.63, 3.8) is 0 Å². The lowest BCUT2D eigenvalue weighted by Crippen LogP contribution is -2.41. The zero-order valence-corrected chi connectivity index (χ0v) is 11.7. The predicted octanol–water partition coefficient (Wildman–Crippen LogP) is 2.27. The third kappa shape index (κ3) is 3.81. The summed E-state index contributed by atoms with van der Waals surface area (Å²) in [5.41, 5.74) is -1.53. The molecule has 0 saturated carbocycles. The number of carboxylic acid groups (broad SMARTS) is 3. The van der Waals surface area contributed by atoms with E-state index in [0.717, 1.165) is 0 Å². The third-order valence-electron chi connectivity index (χ3n) is 3.46. The summed E-state index contributed by atoms with van der Waals surface area (Å²) in [6.07, 6.45) is 0.916. The quantitative estimate of drug-likeness (QED) is 0.634. The molecule has 6 nitrogen and oxygen atoms in total. The van der Waals surface area contributed by atoms with Gasteiger partial charge in [-0.1, -0.05) is 31.9 Å². The molecule has 21 heavy (non-hydrogen) atoms. The van der Waals surface area contributed by atoms with Gasteiger partial charge in [0.2, 0.25) is 0 Å². The molecule has 0 saturated heterocycles. The second-order valence-electron chi connectivity index (χ2n) is 4.98. The summed E-state index contributed by atoms with van der Waals surface area (Å²) < 4.78 is 0. The molecule has 1 rings (SSSR count). The molecule has 0 aliphatic rings. The van der Waals surface area contributed by atoms with Gasteiger partial charge in [0, 0.05) is 0 Å². The minimum atomic E-state index is -1.92. The van der Waals surface area contributed by atoms with E-state index in [-0.39, 0.29) is 18.4 Å². The second-order valence-corrected chi connectivity index (χ2v) is 4.98. The topological polar surface area (TPSA) is 112 Å². The molecule has 0 aromatic heterocycles. The Morgan fingerprint density at radius 3 is 2.19 bits per heavy atom. The monoisotopic (exact) mass is 294 g/mol. The first-order chi connectivity index (χ1) is 9.83. The first kappa shape index (κ1) is 16.7. The lowest BCUT2D eigenvalue weighted by Gasteiger charge is -2.25. The number of aliphatic carboxylic acids is 2. The summed E-state index contributed by atoms with van der Waals surface area (Å²) in [6.45, 7) is 1.85. The standard InChI is InChI=1S/C15H18O6/c1-2-3-7-15(13(18)19,14(20)21)9-10-5-4-6-11(8-10)12(16)17/h4-6,8H,2-3,7,9H2,1H3,(H,16,17)(H,18,19)(H,20,21). The van der Waals surface area contributed by atoms with Gasteiger partial charge in [-0.2, -0.15) is 0 Å². The molecule has 3 N–H and O–H groups in total. The van der Waals surface area contributed by atoms with Crippen molar-refractivity contribution in [2.24, 2.45) is 5.41 Å². The van der Waals surface area contributed by atoms with Gasteiger partial charge in [-0.25, -0.2) is 4.79 Å². The fraction of sp³-hybridized carbons (Fsp3) is 0.400. The highest BCUT2D eigenvalue weighted by molar-refractivity contribution is 5.98. The minimum Gasteiger partial charge on any atom is -0.480 e. The number of unbranched alkanes of at least 4 members (excludes halogenated alkanes) is 1. The molecule has 114 valence electrons. The number of hydrogen-bond acceptors (Lipinski definition) is 3. The van der Waals surface area contributed by atoms with Crippen LogP contribution in [0.1, 0.15) is 42.1 Å². The minimum absolute atomic E-state index is 0.00542. The molecule has 0 bridgehead atoms. The summed E-state index contributed by atoms with van der Waals surface area (Å²) in [4.78, 5) is 33.9. The highest BCUT2D eigenvalue weighted by atomic mass is 16.4. The van der Waals surface area contributed by atoms with Gasteiger partial charge in [0.25, 0.3) is 0 Å². The summed E-state index contributed by atoms with van der Waals surface area (Å²) in [7, 11) is 0. The van der Waals surface area contributed by atoms with Crippen molar-refractivity contribution in [1.82, 2.24) is 0 Å². The van der Waals surface area contributed by atoms with E-state index in [0.29, 0.717) is 18.4 Å². The number of aromatic carboxylic acids is 1. The van der Waals surface area contributed by atoms with Crippen LogP contribution in [0, 0.1) is 5.41 Å². The van der Waals surface area contributed by atoms with Crippen LogP contribution in [0.4, 0.5) is 0 Å². The van der Waals surface area contributed by atoms with Crippen LogP contribution in [0.5, 0.6) is 0 Å². The molecule has 0 aliphatic heterocycles. The highest BCUT2D eigenvalue weighted by Gasteiger charge is 2.45. The van der Waals surface area contributed by atoms with Crippen molar-refractivity contribution in [3.8, 4) is 0 Å². The molecular formula is C15H18O6. The van der Waals surface area contributed by atoms with Crippen LogP contribution in [0.15, 0.2) is 24.3 Å². The van der Waals surface area contributed by atoms with Crippen LogP contribution >= 0.6 is 0 Å². The number of hydrogen-bond donors (Lipinski definition) is 3. The van der Waals surface area contributed by atoms with Crippen LogP contribution in [-0.2, 0) is 16.0 Å². The second kappa shape index (κ2) is 6.88. The first-order valence-corrected chi connectivity index (χ1v) is 6.62. The molecule has 1 aromatic rings. The van der Waals surface area contributed by atoms with Gasteiger partial charge in [0.1, 0.15) is 0 Å². The van der Waals surface area contributed by atoms with E-state index in [1.165, 1.54) is 18.2 Å². The average Bonchev–Trinajstić information content (AvgIpc) is 2.43. The Kier molecular flexibility index (Phi) is 5.46. The van der Waals surface area contributed by atoms with E-state index in [2.05, 4.69) is 0 Å². The van der Waals surface area contributed by atoms with E-state index in [1.807, 2.05) is 6.92 Å². The van der Waals surface area contributed by atoms with E-state index in [4.69, 9.17) is 5.11 Å². The highest BCUT2D eigenvalue weighted by Crippen LogP contribution is 2.31. The van der Waals surface area contributed by atoms with Crippen LogP contribution < -0.4 is 0 Å². The van der Waals surface area contributed by atoms with Crippen molar-refractivity contribution < 1.29 is 29.7 Å². The van der Waals surface area contributed by atoms with E-state index in [9.17, 15) is 24.6 Å². The predicted molar refractivity (Wildman–Crippen MR) is 74.3 cm³/mol. The molecule has 0 aliphatic carbocycles. The van der Waals surface area contributed by atoms with Crippen LogP contribution in [0.25, 0.3) is 0 Å². The fourth-order valence-electron chi connectivity index (χ4n) is 2.19. The Morgan fingerprint density at radius 2 is 1.71 bits per heavy atom. The van der Waals surface area contributed by atoms with Crippen molar-refractivity contribution >= 4 is 17.9 Å². The largest absolute Gasteiger partial charge is 0.480 e. The third-order valence-corrected chi connectivity index (χ3v) is 3.46. The van der Waals surface area contributed by atoms with E-state index in [1.54, 1.807) is 6.07 Å². The number of carboxylic acids is 3. The van der Waals surface area contributed by atoms with Crippen molar-refractivity contribution in [2.75, 3.05) is 0 Å². The molecule has 0 amide bonds. The first-order valence-electron chi connectivity index (χ1n) is 6.62. The molecule has 0 unspecified atom stereocenters. The van der Waals surface area contributed by atoms with Crippen molar-refractivity contribution in [3.05, 3.63) is 35.4 Å². The lowest BCUT2D eigenvalue weighted by molar-refractivity contribution is -0.165. The lowest BCUT2D eigenvalue weighted by atomic mass is 9.77. The maximum absolute atomic E-state index is 11.5. The van der Waals surface area contributed by atoms with Gasteiger partial charge >= 0.3 is 17.9 Å². The Morgan fingerprint density at radius 1 is 1.10 bits per heavy atom. The Bertz CT molecular complexity index is 535. The van der Waals surface area contributed by atoms with Gasteiger partial charge in [-0.05, 0) is 30.5 Å². The number of benzene rings is 1. The molecule has 6 heteroatoms. The maximum atomic E-state index is 11.5. The van der Waals surface area contributed by atoms with Crippen molar-refractivity contribution in [2.45, 2.75) is 32.6 Å². The molecule has 0 fully saturated rings. The molecule has 0 spiro atoms. The smallest absolute Gasteiger partial charge is 0.335 e. The Balaban J connectivity index is 3.16. The number of carbonyl (C=O) groups is 3. The van der Waals surface area contributed by atoms with E-state index < -0.39 is 23.3 Å². The van der Waals surface area contributed by atoms with Crippen LogP contribution in [0.2, 0.25) is 0 Å². The molecule has 0 radical (unpaired) electrons. The number of rotatable bonds is 8. The maximum Gasteiger partial charge on any atom is 0.335 e. The van der Waals surface area contributed by atoms with Crippen LogP contribution in [-0.4, -0.2) is 33.2 Å². The van der Waals surface area contributed by atoms with E-state index >= 15 is 0 Å². The zero-order chi connectivity index (χ0) is 16.0. The van der Waals surface area contributed by atoms with Gasteiger partial charge in [0.15, 0.2) is 5.41 Å². The van der Waals surface area contributed by atoms with Gasteiger partial charge < -0.3 is 15.3 Å². The fourth-order valence-corrected chi connectivity index (χ4v) is 2.19. The van der Waals surface area contributed by atoms with Crippen molar-refractivity contribution in [1.29, 1.82) is 0 Å². The Hall–Kier alpha value is -2.37. The van der Waals surface area contributed by atoms with Crippen LogP contribution in [0.3, 0.4) is 0 Å².